The molecule has 6 heteroatoms. The fourth-order valence-electron chi connectivity index (χ4n) is 4.62. The molecule has 0 N–H and O–H groups in total. The van der Waals surface area contributed by atoms with Gasteiger partial charge in [0.1, 0.15) is 11.9 Å². The van der Waals surface area contributed by atoms with Gasteiger partial charge in [0.15, 0.2) is 22.9 Å². The van der Waals surface area contributed by atoms with Crippen molar-refractivity contribution in [2.75, 3.05) is 21.0 Å². The summed E-state index contributed by atoms with van der Waals surface area (Å²) in [6.07, 6.45) is 3.08. The fraction of sp³-hybridized carbons (Fsp3) is 0.476. The lowest BCUT2D eigenvalue weighted by atomic mass is 9.71. The average Bonchev–Trinajstić information content (AvgIpc) is 3.26. The molecule has 1 fully saturated rings. The van der Waals surface area contributed by atoms with Gasteiger partial charge in [-0.3, -0.25) is 4.79 Å². The lowest BCUT2D eigenvalue weighted by Gasteiger charge is -2.42. The first-order valence-corrected chi connectivity index (χ1v) is 9.07. The van der Waals surface area contributed by atoms with E-state index in [4.69, 9.17) is 23.7 Å². The zero-order valence-electron chi connectivity index (χ0n) is 15.8. The Morgan fingerprint density at radius 2 is 2.07 bits per heavy atom. The minimum absolute atomic E-state index is 0.0250. The number of ketones is 1. The summed E-state index contributed by atoms with van der Waals surface area (Å²) in [6.45, 7) is 6.08. The minimum atomic E-state index is -0.836. The monoisotopic (exact) mass is 372 g/mol. The van der Waals surface area contributed by atoms with E-state index < -0.39 is 11.7 Å². The number of hydrogen-bond donors (Lipinski definition) is 0. The quantitative estimate of drug-likeness (QED) is 0.740. The van der Waals surface area contributed by atoms with Gasteiger partial charge in [0.05, 0.1) is 19.1 Å². The topological polar surface area (TPSA) is 63.2 Å². The number of fused-ring (bicyclic) bond motifs is 2. The molecule has 4 rings (SSSR count). The van der Waals surface area contributed by atoms with Crippen LogP contribution in [0.2, 0.25) is 0 Å². The summed E-state index contributed by atoms with van der Waals surface area (Å²) in [7, 11) is 3.20. The SMILES string of the molecule is C=CCC1C(=O)C=C(OC)C2(OC)C(C)C(c3ccc4c(c3)OCO4)OC12. The normalized spacial score (nSPS) is 34.2. The van der Waals surface area contributed by atoms with E-state index >= 15 is 0 Å². The molecule has 1 aromatic rings. The van der Waals surface area contributed by atoms with E-state index in [1.165, 1.54) is 0 Å². The molecule has 2 aliphatic heterocycles. The van der Waals surface area contributed by atoms with Crippen LogP contribution in [0.4, 0.5) is 0 Å². The van der Waals surface area contributed by atoms with Gasteiger partial charge in [-0.15, -0.1) is 6.58 Å². The number of benzene rings is 1. The fourth-order valence-corrected chi connectivity index (χ4v) is 4.62. The van der Waals surface area contributed by atoms with E-state index in [-0.39, 0.29) is 30.5 Å². The maximum Gasteiger partial charge on any atom is 0.231 e. The minimum Gasteiger partial charge on any atom is -0.498 e. The third-order valence-corrected chi connectivity index (χ3v) is 5.94. The summed E-state index contributed by atoms with van der Waals surface area (Å²) in [6, 6.07) is 5.79. The van der Waals surface area contributed by atoms with Crippen molar-refractivity contribution in [3.05, 3.63) is 48.3 Å². The second-order valence-corrected chi connectivity index (χ2v) is 7.12. The molecule has 0 spiro atoms. The predicted octanol–water partition coefficient (Wildman–Crippen LogP) is 3.18. The van der Waals surface area contributed by atoms with Crippen LogP contribution in [0.5, 0.6) is 11.5 Å². The molecular formula is C21H24O6. The molecule has 0 radical (unpaired) electrons. The van der Waals surface area contributed by atoms with E-state index in [0.29, 0.717) is 17.9 Å². The number of carbonyl (C=O) groups excluding carboxylic acids is 1. The van der Waals surface area contributed by atoms with Gasteiger partial charge in [-0.1, -0.05) is 19.1 Å². The summed E-state index contributed by atoms with van der Waals surface area (Å²) < 4.78 is 29.0. The molecule has 1 saturated heterocycles. The van der Waals surface area contributed by atoms with Crippen LogP contribution in [0, 0.1) is 11.8 Å². The third kappa shape index (κ3) is 2.51. The van der Waals surface area contributed by atoms with Crippen LogP contribution < -0.4 is 9.47 Å². The molecule has 3 aliphatic rings. The maximum absolute atomic E-state index is 12.7. The van der Waals surface area contributed by atoms with Crippen LogP contribution in [0.3, 0.4) is 0 Å². The second-order valence-electron chi connectivity index (χ2n) is 7.12. The molecule has 0 saturated carbocycles. The van der Waals surface area contributed by atoms with Crippen LogP contribution in [-0.2, 0) is 19.0 Å². The van der Waals surface area contributed by atoms with Crippen LogP contribution >= 0.6 is 0 Å². The number of hydrogen-bond acceptors (Lipinski definition) is 6. The number of carbonyl (C=O) groups is 1. The van der Waals surface area contributed by atoms with Crippen molar-refractivity contribution in [3.63, 3.8) is 0 Å². The molecule has 0 bridgehead atoms. The van der Waals surface area contributed by atoms with E-state index in [1.54, 1.807) is 26.4 Å². The Morgan fingerprint density at radius 3 is 2.78 bits per heavy atom. The van der Waals surface area contributed by atoms with Gasteiger partial charge < -0.3 is 23.7 Å². The van der Waals surface area contributed by atoms with Crippen molar-refractivity contribution in [1.82, 2.24) is 0 Å². The average molecular weight is 372 g/mol. The van der Waals surface area contributed by atoms with E-state index in [1.807, 2.05) is 18.2 Å². The number of rotatable bonds is 5. The molecule has 6 nitrogen and oxygen atoms in total. The zero-order chi connectivity index (χ0) is 19.2. The van der Waals surface area contributed by atoms with Crippen molar-refractivity contribution in [2.45, 2.75) is 31.2 Å². The first kappa shape index (κ1) is 18.1. The van der Waals surface area contributed by atoms with Crippen LogP contribution in [0.15, 0.2) is 42.7 Å². The molecule has 0 aromatic heterocycles. The van der Waals surface area contributed by atoms with Crippen molar-refractivity contribution >= 4 is 5.78 Å². The highest BCUT2D eigenvalue weighted by atomic mass is 16.7. The van der Waals surface area contributed by atoms with E-state index in [9.17, 15) is 4.79 Å². The molecule has 144 valence electrons. The van der Waals surface area contributed by atoms with Gasteiger partial charge in [0, 0.05) is 19.1 Å². The Kier molecular flexibility index (Phi) is 4.48. The molecule has 1 aliphatic carbocycles. The Labute approximate surface area is 158 Å². The summed E-state index contributed by atoms with van der Waals surface area (Å²) >= 11 is 0. The Hall–Kier alpha value is -2.31. The van der Waals surface area contributed by atoms with Crippen molar-refractivity contribution in [1.29, 1.82) is 0 Å². The highest BCUT2D eigenvalue weighted by molar-refractivity contribution is 5.94. The first-order chi connectivity index (χ1) is 13.1. The van der Waals surface area contributed by atoms with Crippen LogP contribution in [-0.4, -0.2) is 38.5 Å². The first-order valence-electron chi connectivity index (χ1n) is 9.07. The lowest BCUT2D eigenvalue weighted by Crippen LogP contribution is -2.54. The molecule has 5 unspecified atom stereocenters. The van der Waals surface area contributed by atoms with Gasteiger partial charge in [-0.25, -0.2) is 0 Å². The molecule has 2 heterocycles. The molecule has 0 amide bonds. The maximum atomic E-state index is 12.7. The molecule has 5 atom stereocenters. The molecular weight excluding hydrogens is 348 g/mol. The highest BCUT2D eigenvalue weighted by Crippen LogP contribution is 2.55. The van der Waals surface area contributed by atoms with E-state index in [0.717, 1.165) is 11.3 Å². The van der Waals surface area contributed by atoms with Crippen molar-refractivity contribution < 1.29 is 28.5 Å². The Bertz CT molecular complexity index is 800. The highest BCUT2D eigenvalue weighted by Gasteiger charge is 2.63. The molecule has 1 aromatic carbocycles. The number of methoxy groups -OCH3 is 2. The smallest absolute Gasteiger partial charge is 0.231 e. The number of allylic oxidation sites excluding steroid dienone is 2. The van der Waals surface area contributed by atoms with Crippen molar-refractivity contribution in [3.8, 4) is 11.5 Å². The second kappa shape index (κ2) is 6.69. The van der Waals surface area contributed by atoms with Gasteiger partial charge in [-0.05, 0) is 24.1 Å². The third-order valence-electron chi connectivity index (χ3n) is 5.94. The van der Waals surface area contributed by atoms with Gasteiger partial charge in [-0.2, -0.15) is 0 Å². The lowest BCUT2D eigenvalue weighted by molar-refractivity contribution is -0.141. The van der Waals surface area contributed by atoms with E-state index in [2.05, 4.69) is 13.5 Å². The van der Waals surface area contributed by atoms with Crippen molar-refractivity contribution in [2.24, 2.45) is 11.8 Å². The Morgan fingerprint density at radius 1 is 1.30 bits per heavy atom. The van der Waals surface area contributed by atoms with Gasteiger partial charge in [0.25, 0.3) is 0 Å². The summed E-state index contributed by atoms with van der Waals surface area (Å²) in [5.41, 5.74) is 0.120. The molecule has 27 heavy (non-hydrogen) atoms. The summed E-state index contributed by atoms with van der Waals surface area (Å²) in [5.74, 6) is 1.47. The zero-order valence-corrected chi connectivity index (χ0v) is 15.8. The predicted molar refractivity (Wildman–Crippen MR) is 97.5 cm³/mol. The van der Waals surface area contributed by atoms with Crippen LogP contribution in [0.1, 0.15) is 25.0 Å². The van der Waals surface area contributed by atoms with Gasteiger partial charge in [0.2, 0.25) is 6.79 Å². The Balaban J connectivity index is 1.78. The standard InChI is InChI=1S/C21H24O6/c1-5-6-14-15(22)10-18(23-3)21(24-4)12(2)19(27-20(14)21)13-7-8-16-17(9-13)26-11-25-16/h5,7-10,12,14,19-20H,1,6,11H2,2-4H3. The number of ether oxygens (including phenoxy) is 5. The summed E-state index contributed by atoms with van der Waals surface area (Å²) in [5, 5.41) is 0. The van der Waals surface area contributed by atoms with Crippen LogP contribution in [0.25, 0.3) is 0 Å². The van der Waals surface area contributed by atoms with Gasteiger partial charge >= 0.3 is 0 Å². The largest absolute Gasteiger partial charge is 0.498 e. The summed E-state index contributed by atoms with van der Waals surface area (Å²) in [4.78, 5) is 12.7.